The Morgan fingerprint density at radius 3 is 2.41 bits per heavy atom. The molecule has 1 aliphatic heterocycles. The Hall–Kier alpha value is -2.14. The second-order valence-corrected chi connectivity index (χ2v) is 8.52. The zero-order valence-electron chi connectivity index (χ0n) is 16.0. The van der Waals surface area contributed by atoms with Crippen molar-refractivity contribution in [1.82, 2.24) is 15.1 Å². The zero-order chi connectivity index (χ0) is 18.4. The van der Waals surface area contributed by atoms with Gasteiger partial charge in [0.1, 0.15) is 0 Å². The molecule has 0 spiro atoms. The molecule has 1 amide bonds. The van der Waals surface area contributed by atoms with Crippen molar-refractivity contribution in [3.05, 3.63) is 47.8 Å². The van der Waals surface area contributed by atoms with Crippen molar-refractivity contribution in [3.63, 3.8) is 0 Å². The van der Waals surface area contributed by atoms with Gasteiger partial charge in [0.25, 0.3) is 0 Å². The number of anilines is 1. The molecule has 2 aromatic rings. The van der Waals surface area contributed by atoms with Crippen LogP contribution in [0, 0.1) is 11.8 Å². The van der Waals surface area contributed by atoms with E-state index in [-0.39, 0.29) is 11.9 Å². The molecule has 1 aromatic carbocycles. The predicted octanol–water partition coefficient (Wildman–Crippen LogP) is 2.70. The average molecular weight is 364 g/mol. The number of amides is 1. The third kappa shape index (κ3) is 3.08. The molecular formula is C22H28N4O. The topological polar surface area (TPSA) is 50.2 Å². The summed E-state index contributed by atoms with van der Waals surface area (Å²) in [6, 6.07) is 9.31. The maximum atomic E-state index is 13.2. The fourth-order valence-corrected chi connectivity index (χ4v) is 5.49. The first-order valence-electron chi connectivity index (χ1n) is 10.3. The molecule has 3 aliphatic rings. The maximum absolute atomic E-state index is 13.2. The fourth-order valence-electron chi connectivity index (χ4n) is 5.49. The first-order valence-corrected chi connectivity index (χ1v) is 10.3. The first kappa shape index (κ1) is 17.0. The average Bonchev–Trinajstić information content (AvgIpc) is 3.20. The van der Waals surface area contributed by atoms with Crippen LogP contribution < -0.4 is 10.2 Å². The molecule has 5 nitrogen and oxygen atoms in total. The van der Waals surface area contributed by atoms with Crippen LogP contribution in [0.2, 0.25) is 0 Å². The van der Waals surface area contributed by atoms with Crippen molar-refractivity contribution >= 4 is 11.6 Å². The lowest BCUT2D eigenvalue weighted by Gasteiger charge is -2.35. The quantitative estimate of drug-likeness (QED) is 0.911. The monoisotopic (exact) mass is 364 g/mol. The second kappa shape index (κ2) is 6.79. The van der Waals surface area contributed by atoms with Gasteiger partial charge in [-0.15, -0.1) is 0 Å². The molecule has 1 saturated heterocycles. The Morgan fingerprint density at radius 1 is 1.07 bits per heavy atom. The number of carbonyl (C=O) groups is 1. The molecule has 2 heterocycles. The predicted molar refractivity (Wildman–Crippen MR) is 106 cm³/mol. The summed E-state index contributed by atoms with van der Waals surface area (Å²) in [5.74, 6) is 1.52. The molecular weight excluding hydrogens is 336 g/mol. The minimum absolute atomic E-state index is 0.0618. The van der Waals surface area contributed by atoms with Crippen molar-refractivity contribution in [3.8, 4) is 0 Å². The highest BCUT2D eigenvalue weighted by molar-refractivity contribution is 5.97. The SMILES string of the molecule is Cn1cc(N2CCCC(NC3C4CCC3Cc3ccccc3C4)C2=O)cn1. The number of benzene rings is 1. The third-order valence-corrected chi connectivity index (χ3v) is 6.84. The lowest BCUT2D eigenvalue weighted by molar-refractivity contribution is -0.122. The summed E-state index contributed by atoms with van der Waals surface area (Å²) in [6.45, 7) is 0.797. The Morgan fingerprint density at radius 2 is 1.78 bits per heavy atom. The van der Waals surface area contributed by atoms with Gasteiger partial charge in [0.15, 0.2) is 0 Å². The van der Waals surface area contributed by atoms with Crippen LogP contribution in [0.3, 0.4) is 0 Å². The van der Waals surface area contributed by atoms with Crippen molar-refractivity contribution in [2.45, 2.75) is 50.6 Å². The Bertz CT molecular complexity index is 811. The number of piperidine rings is 1. The Balaban J connectivity index is 1.34. The van der Waals surface area contributed by atoms with Gasteiger partial charge in [0.2, 0.25) is 5.91 Å². The number of rotatable bonds is 3. The van der Waals surface area contributed by atoms with Crippen LogP contribution in [0.15, 0.2) is 36.7 Å². The van der Waals surface area contributed by atoms with Crippen molar-refractivity contribution in [1.29, 1.82) is 0 Å². The highest BCUT2D eigenvalue weighted by atomic mass is 16.2. The van der Waals surface area contributed by atoms with Crippen molar-refractivity contribution in [2.75, 3.05) is 11.4 Å². The van der Waals surface area contributed by atoms with Crippen LogP contribution in [-0.2, 0) is 24.7 Å². The van der Waals surface area contributed by atoms with Gasteiger partial charge in [-0.2, -0.15) is 5.10 Å². The summed E-state index contributed by atoms with van der Waals surface area (Å²) in [5.41, 5.74) is 3.96. The van der Waals surface area contributed by atoms with Crippen molar-refractivity contribution in [2.24, 2.45) is 18.9 Å². The second-order valence-electron chi connectivity index (χ2n) is 8.52. The summed E-state index contributed by atoms with van der Waals surface area (Å²) in [7, 11) is 1.90. The summed E-state index contributed by atoms with van der Waals surface area (Å²) in [6.07, 6.45) is 10.6. The molecule has 1 N–H and O–H groups in total. The number of aromatic nitrogens is 2. The van der Waals surface area contributed by atoms with Crippen LogP contribution in [0.1, 0.15) is 36.8 Å². The van der Waals surface area contributed by atoms with Crippen molar-refractivity contribution < 1.29 is 4.79 Å². The van der Waals surface area contributed by atoms with Gasteiger partial charge in [-0.1, -0.05) is 24.3 Å². The standard InChI is InChI=1S/C22H28N4O/c1-25-14-19(13-23-25)26-10-4-7-20(22(26)27)24-21-17-8-9-18(21)12-16-6-3-2-5-15(16)11-17/h2-3,5-6,13-14,17-18,20-21,24H,4,7-12H2,1H3. The first-order chi connectivity index (χ1) is 13.2. The Kier molecular flexibility index (Phi) is 4.27. The zero-order valence-corrected chi connectivity index (χ0v) is 16.0. The molecule has 2 bridgehead atoms. The number of nitrogens with one attached hydrogen (secondary N) is 1. The van der Waals surface area contributed by atoms with Gasteiger partial charge in [-0.3, -0.25) is 9.48 Å². The molecule has 27 heavy (non-hydrogen) atoms. The number of nitrogens with zero attached hydrogens (tertiary/aromatic N) is 3. The van der Waals surface area contributed by atoms with Crippen LogP contribution in [0.25, 0.3) is 0 Å². The van der Waals surface area contributed by atoms with E-state index in [1.165, 1.54) is 24.0 Å². The molecule has 142 valence electrons. The molecule has 2 fully saturated rings. The molecule has 0 radical (unpaired) electrons. The number of fused-ring (bicyclic) bond motifs is 3. The van der Waals surface area contributed by atoms with Gasteiger partial charge < -0.3 is 10.2 Å². The van der Waals surface area contributed by atoms with Gasteiger partial charge in [-0.25, -0.2) is 0 Å². The number of hydrogen-bond donors (Lipinski definition) is 1. The van der Waals surface area contributed by atoms with E-state index in [4.69, 9.17) is 0 Å². The van der Waals surface area contributed by atoms with E-state index in [0.717, 1.165) is 37.9 Å². The molecule has 5 rings (SSSR count). The van der Waals surface area contributed by atoms with E-state index in [1.807, 2.05) is 18.1 Å². The van der Waals surface area contributed by atoms with Crippen LogP contribution in [0.5, 0.6) is 0 Å². The minimum Gasteiger partial charge on any atom is -0.308 e. The fraction of sp³-hybridized carbons (Fsp3) is 0.545. The summed E-state index contributed by atoms with van der Waals surface area (Å²) in [5, 5.41) is 8.07. The highest BCUT2D eigenvalue weighted by Crippen LogP contribution is 2.40. The minimum atomic E-state index is -0.0618. The van der Waals surface area contributed by atoms with Gasteiger partial charge in [0.05, 0.1) is 17.9 Å². The summed E-state index contributed by atoms with van der Waals surface area (Å²) >= 11 is 0. The Labute approximate surface area is 160 Å². The summed E-state index contributed by atoms with van der Waals surface area (Å²) < 4.78 is 1.77. The number of aryl methyl sites for hydroxylation is 1. The van der Waals surface area contributed by atoms with Crippen LogP contribution in [0.4, 0.5) is 5.69 Å². The van der Waals surface area contributed by atoms with E-state index in [2.05, 4.69) is 34.7 Å². The van der Waals surface area contributed by atoms with E-state index in [1.54, 1.807) is 10.9 Å². The lowest BCUT2D eigenvalue weighted by atomic mass is 9.92. The smallest absolute Gasteiger partial charge is 0.244 e. The molecule has 1 aromatic heterocycles. The largest absolute Gasteiger partial charge is 0.308 e. The molecule has 1 saturated carbocycles. The molecule has 3 unspecified atom stereocenters. The third-order valence-electron chi connectivity index (χ3n) is 6.84. The number of hydrogen-bond acceptors (Lipinski definition) is 3. The van der Waals surface area contributed by atoms with Gasteiger partial charge in [0, 0.05) is 25.8 Å². The van der Waals surface area contributed by atoms with Gasteiger partial charge in [-0.05, 0) is 61.5 Å². The summed E-state index contributed by atoms with van der Waals surface area (Å²) in [4.78, 5) is 15.1. The van der Waals surface area contributed by atoms with Crippen LogP contribution in [-0.4, -0.2) is 34.3 Å². The lowest BCUT2D eigenvalue weighted by Crippen LogP contribution is -2.55. The molecule has 2 aliphatic carbocycles. The number of carbonyl (C=O) groups excluding carboxylic acids is 1. The van der Waals surface area contributed by atoms with E-state index < -0.39 is 0 Å². The van der Waals surface area contributed by atoms with Crippen LogP contribution >= 0.6 is 0 Å². The maximum Gasteiger partial charge on any atom is 0.244 e. The highest BCUT2D eigenvalue weighted by Gasteiger charge is 2.42. The van der Waals surface area contributed by atoms with E-state index in [0.29, 0.717) is 17.9 Å². The van der Waals surface area contributed by atoms with Gasteiger partial charge >= 0.3 is 0 Å². The van der Waals surface area contributed by atoms with E-state index >= 15 is 0 Å². The molecule has 5 heteroatoms. The van der Waals surface area contributed by atoms with E-state index in [9.17, 15) is 4.79 Å². The molecule has 3 atom stereocenters. The normalized spacial score (nSPS) is 30.3.